The molecule has 0 spiro atoms. The monoisotopic (exact) mass is 341 g/mol. The van der Waals surface area contributed by atoms with Crippen LogP contribution in [-0.4, -0.2) is 44.8 Å². The van der Waals surface area contributed by atoms with E-state index in [-0.39, 0.29) is 12.6 Å². The summed E-state index contributed by atoms with van der Waals surface area (Å²) in [6.45, 7) is 2.99. The minimum absolute atomic E-state index is 0.000120. The Kier molecular flexibility index (Phi) is 3.79. The van der Waals surface area contributed by atoms with E-state index >= 15 is 0 Å². The van der Waals surface area contributed by atoms with E-state index in [1.54, 1.807) is 0 Å². The van der Waals surface area contributed by atoms with Crippen molar-refractivity contribution >= 4 is 21.6 Å². The first kappa shape index (κ1) is 14.0. The number of aryl methyl sites for hydroxylation is 1. The molecule has 3 heterocycles. The summed E-state index contributed by atoms with van der Waals surface area (Å²) < 4.78 is 16.5. The fourth-order valence-electron chi connectivity index (χ4n) is 2.90. The lowest BCUT2D eigenvalue weighted by Crippen LogP contribution is -2.32. The van der Waals surface area contributed by atoms with Gasteiger partial charge in [-0.25, -0.2) is 9.37 Å². The average Bonchev–Trinajstić information content (AvgIpc) is 2.94. The molecule has 4 nitrogen and oxygen atoms in total. The second-order valence-electron chi connectivity index (χ2n) is 5.38. The van der Waals surface area contributed by atoms with Crippen molar-refractivity contribution in [2.45, 2.75) is 32.1 Å². The first-order chi connectivity index (χ1) is 9.58. The number of imidazole rings is 1. The molecule has 2 atom stereocenters. The quantitative estimate of drug-likeness (QED) is 0.931. The van der Waals surface area contributed by atoms with Gasteiger partial charge in [-0.05, 0) is 40.9 Å². The number of hydrogen-bond acceptors (Lipinski definition) is 3. The molecule has 108 valence electrons. The van der Waals surface area contributed by atoms with E-state index in [0.29, 0.717) is 19.5 Å². The molecule has 0 unspecified atom stereocenters. The Labute approximate surface area is 125 Å². The van der Waals surface area contributed by atoms with Crippen molar-refractivity contribution in [2.75, 3.05) is 13.2 Å². The summed E-state index contributed by atoms with van der Waals surface area (Å²) in [5.74, 6) is 0. The van der Waals surface area contributed by atoms with E-state index in [4.69, 9.17) is 0 Å². The van der Waals surface area contributed by atoms with Crippen molar-refractivity contribution in [3.05, 3.63) is 34.2 Å². The fraction of sp³-hybridized carbons (Fsp3) is 0.500. The standard InChI is InChI=1S/C14H17BrFN3O/c1-9-2-10(15)5-19-13(4-17-14(9)19)7-18-6-11(16)3-12(18)8-20/h2,4-5,11-12,20H,3,6-8H2,1H3/t11-,12-/m0/s1. The Bertz CT molecular complexity index is 630. The topological polar surface area (TPSA) is 40.8 Å². The minimum atomic E-state index is -0.847. The predicted molar refractivity (Wildman–Crippen MR) is 78.4 cm³/mol. The highest BCUT2D eigenvalue weighted by Crippen LogP contribution is 2.24. The van der Waals surface area contributed by atoms with Crippen molar-refractivity contribution < 1.29 is 9.50 Å². The van der Waals surface area contributed by atoms with Crippen molar-refractivity contribution in [3.8, 4) is 0 Å². The number of fused-ring (bicyclic) bond motifs is 1. The van der Waals surface area contributed by atoms with Crippen LogP contribution in [0, 0.1) is 6.92 Å². The highest BCUT2D eigenvalue weighted by molar-refractivity contribution is 9.10. The lowest BCUT2D eigenvalue weighted by molar-refractivity contribution is 0.151. The van der Waals surface area contributed by atoms with Crippen LogP contribution in [0.4, 0.5) is 4.39 Å². The van der Waals surface area contributed by atoms with Gasteiger partial charge in [-0.1, -0.05) is 0 Å². The Balaban J connectivity index is 1.91. The van der Waals surface area contributed by atoms with E-state index in [0.717, 1.165) is 21.4 Å². The summed E-state index contributed by atoms with van der Waals surface area (Å²) in [6, 6.07) is 1.93. The van der Waals surface area contributed by atoms with Gasteiger partial charge in [0.2, 0.25) is 0 Å². The molecule has 0 amide bonds. The highest BCUT2D eigenvalue weighted by atomic mass is 79.9. The maximum absolute atomic E-state index is 13.5. The Morgan fingerprint density at radius 2 is 2.35 bits per heavy atom. The van der Waals surface area contributed by atoms with E-state index in [1.165, 1.54) is 0 Å². The van der Waals surface area contributed by atoms with Gasteiger partial charge in [0.15, 0.2) is 0 Å². The molecule has 1 fully saturated rings. The molecule has 20 heavy (non-hydrogen) atoms. The number of alkyl halides is 1. The number of likely N-dealkylation sites (tertiary alicyclic amines) is 1. The molecule has 1 aliphatic heterocycles. The largest absolute Gasteiger partial charge is 0.395 e. The highest BCUT2D eigenvalue weighted by Gasteiger charge is 2.31. The molecule has 3 rings (SSSR count). The molecule has 1 N–H and O–H groups in total. The van der Waals surface area contributed by atoms with Gasteiger partial charge in [0, 0.05) is 29.8 Å². The van der Waals surface area contributed by atoms with Gasteiger partial charge in [0.1, 0.15) is 11.8 Å². The van der Waals surface area contributed by atoms with Crippen LogP contribution in [0.5, 0.6) is 0 Å². The summed E-state index contributed by atoms with van der Waals surface area (Å²) >= 11 is 3.49. The maximum Gasteiger partial charge on any atom is 0.139 e. The number of pyridine rings is 1. The van der Waals surface area contributed by atoms with Crippen molar-refractivity contribution in [1.29, 1.82) is 0 Å². The van der Waals surface area contributed by atoms with Gasteiger partial charge in [-0.3, -0.25) is 4.90 Å². The predicted octanol–water partition coefficient (Wildman–Crippen LogP) is 2.31. The van der Waals surface area contributed by atoms with Gasteiger partial charge in [0.05, 0.1) is 18.5 Å². The van der Waals surface area contributed by atoms with E-state index in [2.05, 4.69) is 20.9 Å². The van der Waals surface area contributed by atoms with Crippen molar-refractivity contribution in [3.63, 3.8) is 0 Å². The number of hydrogen-bond donors (Lipinski definition) is 1. The van der Waals surface area contributed by atoms with E-state index in [9.17, 15) is 9.50 Å². The van der Waals surface area contributed by atoms with Gasteiger partial charge in [-0.2, -0.15) is 0 Å². The second-order valence-corrected chi connectivity index (χ2v) is 6.30. The normalized spacial score (nSPS) is 23.8. The fourth-order valence-corrected chi connectivity index (χ4v) is 3.44. The molecule has 0 aromatic carbocycles. The lowest BCUT2D eigenvalue weighted by Gasteiger charge is -2.21. The van der Waals surface area contributed by atoms with Crippen LogP contribution >= 0.6 is 15.9 Å². The molecular formula is C14H17BrFN3O. The summed E-state index contributed by atoms with van der Waals surface area (Å²) in [5, 5.41) is 9.35. The number of aromatic nitrogens is 2. The van der Waals surface area contributed by atoms with Crippen LogP contribution < -0.4 is 0 Å². The number of aliphatic hydroxyl groups excluding tert-OH is 1. The molecule has 2 aromatic heterocycles. The summed E-state index contributed by atoms with van der Waals surface area (Å²) in [4.78, 5) is 6.42. The van der Waals surface area contributed by atoms with Gasteiger partial charge in [0.25, 0.3) is 0 Å². The Hall–Kier alpha value is -0.980. The van der Waals surface area contributed by atoms with Crippen LogP contribution in [0.2, 0.25) is 0 Å². The smallest absolute Gasteiger partial charge is 0.139 e. The molecule has 0 saturated carbocycles. The van der Waals surface area contributed by atoms with Crippen molar-refractivity contribution in [1.82, 2.24) is 14.3 Å². The number of nitrogens with zero attached hydrogens (tertiary/aromatic N) is 3. The average molecular weight is 342 g/mol. The molecule has 1 saturated heterocycles. The third-order valence-electron chi connectivity index (χ3n) is 3.89. The number of aliphatic hydroxyl groups is 1. The molecule has 0 aliphatic carbocycles. The zero-order chi connectivity index (χ0) is 14.3. The van der Waals surface area contributed by atoms with Crippen molar-refractivity contribution in [2.24, 2.45) is 0 Å². The lowest BCUT2D eigenvalue weighted by atomic mass is 10.2. The summed E-state index contributed by atoms with van der Waals surface area (Å²) in [6.07, 6.45) is 3.37. The first-order valence-corrected chi connectivity index (χ1v) is 7.49. The van der Waals surface area contributed by atoms with Crippen LogP contribution in [0.15, 0.2) is 22.9 Å². The third-order valence-corrected chi connectivity index (χ3v) is 4.32. The molecule has 2 aromatic rings. The third kappa shape index (κ3) is 2.47. The summed E-state index contributed by atoms with van der Waals surface area (Å²) in [7, 11) is 0. The molecule has 0 bridgehead atoms. The van der Waals surface area contributed by atoms with Crippen LogP contribution in [0.1, 0.15) is 17.7 Å². The Morgan fingerprint density at radius 1 is 1.55 bits per heavy atom. The zero-order valence-corrected chi connectivity index (χ0v) is 12.8. The Morgan fingerprint density at radius 3 is 3.10 bits per heavy atom. The van der Waals surface area contributed by atoms with Gasteiger partial charge < -0.3 is 9.51 Å². The van der Waals surface area contributed by atoms with Crippen LogP contribution in [0.25, 0.3) is 5.65 Å². The molecule has 1 aliphatic rings. The van der Waals surface area contributed by atoms with E-state index < -0.39 is 6.17 Å². The number of rotatable bonds is 3. The van der Waals surface area contributed by atoms with Crippen LogP contribution in [-0.2, 0) is 6.54 Å². The maximum atomic E-state index is 13.5. The van der Waals surface area contributed by atoms with Gasteiger partial charge in [-0.15, -0.1) is 0 Å². The zero-order valence-electron chi connectivity index (χ0n) is 11.3. The minimum Gasteiger partial charge on any atom is -0.395 e. The molecular weight excluding hydrogens is 325 g/mol. The summed E-state index contributed by atoms with van der Waals surface area (Å²) in [5.41, 5.74) is 3.02. The first-order valence-electron chi connectivity index (χ1n) is 6.69. The molecule has 6 heteroatoms. The van der Waals surface area contributed by atoms with E-state index in [1.807, 2.05) is 34.7 Å². The van der Waals surface area contributed by atoms with Gasteiger partial charge >= 0.3 is 0 Å². The number of halogens is 2. The second kappa shape index (κ2) is 5.42. The van der Waals surface area contributed by atoms with Crippen LogP contribution in [0.3, 0.4) is 0 Å². The SMILES string of the molecule is Cc1cc(Br)cn2c(CN3C[C@@H](F)C[C@H]3CO)cnc12. The molecule has 0 radical (unpaired) electrons.